The van der Waals surface area contributed by atoms with Gasteiger partial charge >= 0.3 is 0 Å². The molecule has 0 saturated carbocycles. The molecule has 0 amide bonds. The molecule has 0 bridgehead atoms. The summed E-state index contributed by atoms with van der Waals surface area (Å²) in [5.74, 6) is 1.92. The summed E-state index contributed by atoms with van der Waals surface area (Å²) >= 11 is 0. The van der Waals surface area contributed by atoms with Crippen molar-refractivity contribution in [2.45, 2.75) is 13.0 Å². The minimum absolute atomic E-state index is 0.367. The third-order valence-corrected chi connectivity index (χ3v) is 2.83. The summed E-state index contributed by atoms with van der Waals surface area (Å²) in [7, 11) is 3.11. The Hall–Kier alpha value is -2.27. The molecule has 1 aromatic heterocycles. The first-order chi connectivity index (χ1) is 9.65. The predicted octanol–water partition coefficient (Wildman–Crippen LogP) is 2.94. The molecule has 0 fully saturated rings. The molecule has 1 aromatic carbocycles. The van der Waals surface area contributed by atoms with E-state index in [1.165, 1.54) is 0 Å². The van der Waals surface area contributed by atoms with E-state index in [2.05, 4.69) is 4.98 Å². The van der Waals surface area contributed by atoms with E-state index in [4.69, 9.17) is 14.2 Å². The fraction of sp³-hybridized carbons (Fsp3) is 0.267. The highest BCUT2D eigenvalue weighted by atomic mass is 16.5. The predicted molar refractivity (Wildman–Crippen MR) is 74.5 cm³/mol. The number of aliphatic hydroxyl groups excluding tert-OH is 1. The normalized spacial score (nSPS) is 11.8. The van der Waals surface area contributed by atoms with Gasteiger partial charge in [-0.25, -0.2) is 4.98 Å². The number of aliphatic hydroxyl groups is 1. The smallest absolute Gasteiger partial charge is 0.219 e. The molecule has 106 valence electrons. The van der Waals surface area contributed by atoms with Crippen LogP contribution in [-0.2, 0) is 0 Å². The number of ether oxygens (including phenoxy) is 3. The van der Waals surface area contributed by atoms with E-state index in [0.717, 1.165) is 5.56 Å². The van der Waals surface area contributed by atoms with E-state index in [1.807, 2.05) is 6.07 Å². The highest BCUT2D eigenvalue weighted by molar-refractivity contribution is 5.52. The van der Waals surface area contributed by atoms with E-state index in [9.17, 15) is 5.11 Å². The summed E-state index contributed by atoms with van der Waals surface area (Å²) < 4.78 is 16.3. The van der Waals surface area contributed by atoms with Crippen LogP contribution in [0.1, 0.15) is 18.6 Å². The molecular weight excluding hydrogens is 258 g/mol. The lowest BCUT2D eigenvalue weighted by Crippen LogP contribution is -1.97. The lowest BCUT2D eigenvalue weighted by molar-refractivity contribution is 0.198. The average Bonchev–Trinajstić information content (AvgIpc) is 2.47. The van der Waals surface area contributed by atoms with Crippen LogP contribution < -0.4 is 14.2 Å². The fourth-order valence-electron chi connectivity index (χ4n) is 1.76. The molecule has 2 rings (SSSR count). The summed E-state index contributed by atoms with van der Waals surface area (Å²) in [5.41, 5.74) is 0.726. The second kappa shape index (κ2) is 6.25. The van der Waals surface area contributed by atoms with E-state index in [0.29, 0.717) is 23.1 Å². The lowest BCUT2D eigenvalue weighted by Gasteiger charge is -2.14. The second-order valence-electron chi connectivity index (χ2n) is 4.20. The molecule has 0 aliphatic heterocycles. The summed E-state index contributed by atoms with van der Waals surface area (Å²) in [6.45, 7) is 1.68. The Balaban J connectivity index is 2.36. The molecule has 0 aliphatic rings. The average molecular weight is 275 g/mol. The van der Waals surface area contributed by atoms with Crippen molar-refractivity contribution in [3.63, 3.8) is 0 Å². The van der Waals surface area contributed by atoms with Crippen molar-refractivity contribution in [2.24, 2.45) is 0 Å². The van der Waals surface area contributed by atoms with Gasteiger partial charge in [0.05, 0.1) is 20.3 Å². The Morgan fingerprint density at radius 2 is 1.75 bits per heavy atom. The number of aromatic nitrogens is 1. The maximum Gasteiger partial charge on any atom is 0.219 e. The largest absolute Gasteiger partial charge is 0.493 e. The van der Waals surface area contributed by atoms with Gasteiger partial charge in [-0.2, -0.15) is 0 Å². The third-order valence-electron chi connectivity index (χ3n) is 2.83. The van der Waals surface area contributed by atoms with Crippen LogP contribution >= 0.6 is 0 Å². The number of hydrogen-bond acceptors (Lipinski definition) is 5. The quantitative estimate of drug-likeness (QED) is 0.909. The maximum absolute atomic E-state index is 9.58. The van der Waals surface area contributed by atoms with Gasteiger partial charge in [-0.05, 0) is 30.7 Å². The van der Waals surface area contributed by atoms with Crippen LogP contribution in [0.2, 0.25) is 0 Å². The summed E-state index contributed by atoms with van der Waals surface area (Å²) in [6.07, 6.45) is 0.999. The van der Waals surface area contributed by atoms with Gasteiger partial charge in [-0.15, -0.1) is 0 Å². The van der Waals surface area contributed by atoms with E-state index >= 15 is 0 Å². The van der Waals surface area contributed by atoms with Gasteiger partial charge < -0.3 is 19.3 Å². The zero-order valence-corrected chi connectivity index (χ0v) is 11.7. The van der Waals surface area contributed by atoms with Crippen molar-refractivity contribution in [3.05, 3.63) is 42.1 Å². The van der Waals surface area contributed by atoms with Gasteiger partial charge in [-0.3, -0.25) is 0 Å². The van der Waals surface area contributed by atoms with Crippen LogP contribution in [0.3, 0.4) is 0 Å². The molecule has 5 nitrogen and oxygen atoms in total. The molecular formula is C15H17NO4. The van der Waals surface area contributed by atoms with Crippen LogP contribution in [0.4, 0.5) is 0 Å². The zero-order chi connectivity index (χ0) is 14.5. The van der Waals surface area contributed by atoms with E-state index < -0.39 is 6.10 Å². The number of methoxy groups -OCH3 is 2. The van der Waals surface area contributed by atoms with Crippen molar-refractivity contribution in [3.8, 4) is 23.1 Å². The van der Waals surface area contributed by atoms with Crippen molar-refractivity contribution < 1.29 is 19.3 Å². The maximum atomic E-state index is 9.58. The highest BCUT2D eigenvalue weighted by Crippen LogP contribution is 2.39. The molecule has 1 atom stereocenters. The number of hydrogen-bond donors (Lipinski definition) is 1. The molecule has 5 heteroatoms. The molecule has 1 N–H and O–H groups in total. The zero-order valence-electron chi connectivity index (χ0n) is 11.7. The van der Waals surface area contributed by atoms with Gasteiger partial charge in [0, 0.05) is 12.3 Å². The number of nitrogens with zero attached hydrogens (tertiary/aromatic N) is 1. The van der Waals surface area contributed by atoms with Crippen LogP contribution in [0, 0.1) is 0 Å². The summed E-state index contributed by atoms with van der Waals surface area (Å²) in [4.78, 5) is 4.12. The van der Waals surface area contributed by atoms with Crippen LogP contribution in [0.15, 0.2) is 36.5 Å². The minimum Gasteiger partial charge on any atom is -0.493 e. The topological polar surface area (TPSA) is 60.8 Å². The minimum atomic E-state index is -0.583. The van der Waals surface area contributed by atoms with Gasteiger partial charge in [0.15, 0.2) is 11.5 Å². The van der Waals surface area contributed by atoms with Crippen molar-refractivity contribution in [1.29, 1.82) is 0 Å². The Labute approximate surface area is 117 Å². The Kier molecular flexibility index (Phi) is 4.42. The van der Waals surface area contributed by atoms with Gasteiger partial charge in [0.1, 0.15) is 0 Å². The fourth-order valence-corrected chi connectivity index (χ4v) is 1.76. The van der Waals surface area contributed by atoms with E-state index in [1.54, 1.807) is 51.6 Å². The number of para-hydroxylation sites is 1. The number of pyridine rings is 1. The molecule has 0 aliphatic carbocycles. The molecule has 1 heterocycles. The molecule has 2 aromatic rings. The van der Waals surface area contributed by atoms with Gasteiger partial charge in [0.25, 0.3) is 0 Å². The highest BCUT2D eigenvalue weighted by Gasteiger charge is 2.13. The molecule has 0 unspecified atom stereocenters. The molecule has 0 saturated heterocycles. The Bertz CT molecular complexity index is 562. The lowest BCUT2D eigenvalue weighted by atomic mass is 10.2. The molecule has 20 heavy (non-hydrogen) atoms. The van der Waals surface area contributed by atoms with Crippen LogP contribution in [0.5, 0.6) is 23.1 Å². The van der Waals surface area contributed by atoms with Gasteiger partial charge in [0.2, 0.25) is 11.6 Å². The van der Waals surface area contributed by atoms with Crippen molar-refractivity contribution in [1.82, 2.24) is 4.98 Å². The number of benzene rings is 1. The van der Waals surface area contributed by atoms with Crippen molar-refractivity contribution >= 4 is 0 Å². The second-order valence-corrected chi connectivity index (χ2v) is 4.20. The van der Waals surface area contributed by atoms with Gasteiger partial charge in [-0.1, -0.05) is 6.07 Å². The van der Waals surface area contributed by atoms with Crippen LogP contribution in [-0.4, -0.2) is 24.3 Å². The first kappa shape index (κ1) is 14.1. The first-order valence-electron chi connectivity index (χ1n) is 6.18. The standard InChI is InChI=1S/C15H17NO4/c1-10(17)11-7-8-16-14(9-11)20-15-12(18-2)5-4-6-13(15)19-3/h4-10,17H,1-3H3/t10-/m1/s1. The monoisotopic (exact) mass is 275 g/mol. The SMILES string of the molecule is COc1cccc(OC)c1Oc1cc([C@@H](C)O)ccn1. The summed E-state index contributed by atoms with van der Waals surface area (Å²) in [6, 6.07) is 8.77. The molecule has 0 radical (unpaired) electrons. The first-order valence-corrected chi connectivity index (χ1v) is 6.18. The third kappa shape index (κ3) is 3.00. The van der Waals surface area contributed by atoms with E-state index in [-0.39, 0.29) is 0 Å². The number of rotatable bonds is 5. The summed E-state index contributed by atoms with van der Waals surface area (Å²) in [5, 5.41) is 9.58. The Morgan fingerprint density at radius 3 is 2.30 bits per heavy atom. The van der Waals surface area contributed by atoms with Crippen LogP contribution in [0.25, 0.3) is 0 Å². The van der Waals surface area contributed by atoms with Crippen molar-refractivity contribution in [2.75, 3.05) is 14.2 Å². The molecule has 0 spiro atoms. The Morgan fingerprint density at radius 1 is 1.10 bits per heavy atom.